The first-order valence-electron chi connectivity index (χ1n) is 14.6. The quantitative estimate of drug-likeness (QED) is 0.276. The molecule has 3 aromatic carbocycles. The van der Waals surface area contributed by atoms with Crippen molar-refractivity contribution in [2.24, 2.45) is 11.0 Å². The number of halogens is 1. The van der Waals surface area contributed by atoms with Crippen LogP contribution in [0.15, 0.2) is 84.0 Å². The molecule has 1 saturated heterocycles. The van der Waals surface area contributed by atoms with Gasteiger partial charge in [0, 0.05) is 36.5 Å². The molecule has 3 aliphatic rings. The monoisotopic (exact) mass is 585 g/mol. The fraction of sp³-hybridized carbons (Fsp3) is 0.364. The number of aliphatic hydroxyl groups excluding tert-OH is 1. The Balaban J connectivity index is 1.48. The zero-order chi connectivity index (χ0) is 29.6. The van der Waals surface area contributed by atoms with Crippen molar-refractivity contribution in [3.05, 3.63) is 95.6 Å². The Morgan fingerprint density at radius 3 is 2.38 bits per heavy atom. The van der Waals surface area contributed by atoms with Crippen LogP contribution in [0.2, 0.25) is 18.6 Å². The van der Waals surface area contributed by atoms with E-state index in [1.54, 1.807) is 18.0 Å². The molecule has 1 N–H and O–H groups in total. The van der Waals surface area contributed by atoms with E-state index in [9.17, 15) is 14.7 Å². The lowest BCUT2D eigenvalue weighted by Crippen LogP contribution is -2.45. The fourth-order valence-corrected chi connectivity index (χ4v) is 9.62. The number of ether oxygens (including phenoxy) is 1. The first kappa shape index (κ1) is 28.5. The molecule has 0 radical (unpaired) electrons. The van der Waals surface area contributed by atoms with Gasteiger partial charge in [0.15, 0.2) is 5.60 Å². The molecule has 3 aliphatic heterocycles. The smallest absolute Gasteiger partial charge is 0.264 e. The van der Waals surface area contributed by atoms with Gasteiger partial charge in [-0.25, -0.2) is 5.01 Å². The summed E-state index contributed by atoms with van der Waals surface area (Å²) >= 11 is 0. The number of benzene rings is 3. The van der Waals surface area contributed by atoms with Gasteiger partial charge in [-0.05, 0) is 48.8 Å². The van der Waals surface area contributed by atoms with Crippen molar-refractivity contribution in [2.45, 2.75) is 63.1 Å². The van der Waals surface area contributed by atoms with Crippen molar-refractivity contribution in [1.82, 2.24) is 0 Å². The maximum absolute atomic E-state index is 15.9. The Labute approximate surface area is 246 Å². The second kappa shape index (κ2) is 10.9. The maximum Gasteiger partial charge on any atom is 0.264 e. The summed E-state index contributed by atoms with van der Waals surface area (Å²) in [7, 11) is -3.32. The number of hydrogen-bond acceptors (Lipinski definition) is 5. The van der Waals surface area contributed by atoms with E-state index in [0.717, 1.165) is 16.8 Å². The standard InChI is InChI=1S/C33H36FN3O4Si/c1-22-31(42(2,3)34)29(18-19-38)41-33(22)26-20-25(37-30(39)17-15-27(35-37)24-12-8-5-9-13-24)14-16-28(26)36(32(33)40)21-23-10-6-4-7-11-23/h4-14,16,20,22,29,31,38H,15,17-19,21H2,1-3H3/t22-,29+,31-,33+/m0/s1. The number of carbonyl (C=O) groups excluding carboxylic acids is 2. The van der Waals surface area contributed by atoms with Crippen LogP contribution in [-0.4, -0.2) is 43.8 Å². The van der Waals surface area contributed by atoms with Crippen LogP contribution in [-0.2, 0) is 26.5 Å². The minimum atomic E-state index is -3.32. The zero-order valence-electron chi connectivity index (χ0n) is 24.2. The predicted molar refractivity (Wildman–Crippen MR) is 164 cm³/mol. The Morgan fingerprint density at radius 2 is 1.71 bits per heavy atom. The second-order valence-corrected chi connectivity index (χ2v) is 15.8. The van der Waals surface area contributed by atoms with Crippen molar-refractivity contribution >= 4 is 37.3 Å². The van der Waals surface area contributed by atoms with Crippen LogP contribution in [0.5, 0.6) is 0 Å². The first-order chi connectivity index (χ1) is 20.1. The summed E-state index contributed by atoms with van der Waals surface area (Å²) in [5.74, 6) is -0.862. The number of nitrogens with zero attached hydrogens (tertiary/aromatic N) is 3. The van der Waals surface area contributed by atoms with E-state index >= 15 is 4.11 Å². The van der Waals surface area contributed by atoms with Crippen molar-refractivity contribution in [3.63, 3.8) is 0 Å². The molecular weight excluding hydrogens is 549 g/mol. The molecule has 3 aromatic rings. The number of anilines is 2. The number of hydrazone groups is 1. The highest BCUT2D eigenvalue weighted by Gasteiger charge is 2.66. The van der Waals surface area contributed by atoms with Gasteiger partial charge in [0.05, 0.1) is 29.7 Å². The second-order valence-electron chi connectivity index (χ2n) is 12.0. The lowest BCUT2D eigenvalue weighted by molar-refractivity contribution is -0.146. The van der Waals surface area contributed by atoms with E-state index in [-0.39, 0.29) is 24.8 Å². The molecule has 1 spiro atoms. The van der Waals surface area contributed by atoms with Crippen LogP contribution in [0.4, 0.5) is 15.5 Å². The van der Waals surface area contributed by atoms with Crippen molar-refractivity contribution < 1.29 is 23.5 Å². The molecule has 0 saturated carbocycles. The third-order valence-corrected chi connectivity index (χ3v) is 11.4. The van der Waals surface area contributed by atoms with Gasteiger partial charge < -0.3 is 18.9 Å². The summed E-state index contributed by atoms with van der Waals surface area (Å²) < 4.78 is 22.6. The topological polar surface area (TPSA) is 82.4 Å². The van der Waals surface area contributed by atoms with Crippen LogP contribution in [0.3, 0.4) is 0 Å². The Kier molecular flexibility index (Phi) is 7.37. The summed E-state index contributed by atoms with van der Waals surface area (Å²) in [6.07, 6.45) is 0.490. The summed E-state index contributed by atoms with van der Waals surface area (Å²) in [5.41, 5.74) is 2.61. The number of rotatable bonds is 7. The molecule has 9 heteroatoms. The highest BCUT2D eigenvalue weighted by Crippen LogP contribution is 2.60. The molecule has 1 fully saturated rings. The number of amides is 2. The third-order valence-electron chi connectivity index (χ3n) is 8.93. The minimum absolute atomic E-state index is 0.136. The lowest BCUT2D eigenvalue weighted by atomic mass is 9.82. The van der Waals surface area contributed by atoms with Crippen LogP contribution in [0.1, 0.15) is 42.9 Å². The summed E-state index contributed by atoms with van der Waals surface area (Å²) in [6, 6.07) is 25.0. The molecule has 7 nitrogen and oxygen atoms in total. The Hall–Kier alpha value is -3.66. The third kappa shape index (κ3) is 4.69. The average molecular weight is 586 g/mol. The molecule has 4 atom stereocenters. The normalized spacial score (nSPS) is 25.7. The zero-order valence-corrected chi connectivity index (χ0v) is 25.2. The molecule has 218 valence electrons. The maximum atomic E-state index is 15.9. The van der Waals surface area contributed by atoms with Gasteiger partial charge in [-0.1, -0.05) is 67.6 Å². The molecule has 0 bridgehead atoms. The number of hydrogen-bond donors (Lipinski definition) is 1. The lowest BCUT2D eigenvalue weighted by Gasteiger charge is -2.31. The Morgan fingerprint density at radius 1 is 1.02 bits per heavy atom. The molecule has 42 heavy (non-hydrogen) atoms. The summed E-state index contributed by atoms with van der Waals surface area (Å²) in [4.78, 5) is 29.4. The van der Waals surface area contributed by atoms with Gasteiger partial charge in [-0.2, -0.15) is 5.10 Å². The van der Waals surface area contributed by atoms with Crippen molar-refractivity contribution in [3.8, 4) is 0 Å². The molecule has 6 rings (SSSR count). The van der Waals surface area contributed by atoms with Gasteiger partial charge >= 0.3 is 0 Å². The van der Waals surface area contributed by atoms with Crippen LogP contribution in [0.25, 0.3) is 0 Å². The molecule has 3 heterocycles. The number of carbonyl (C=O) groups is 2. The SMILES string of the molecule is C[C@H]1[C@H]([Si](C)(C)F)[C@@H](CCO)O[C@]12C(=O)N(Cc1ccccc1)c1ccc(N3N=C(c4ccccc4)CCC3=O)cc12. The van der Waals surface area contributed by atoms with Crippen molar-refractivity contribution in [1.29, 1.82) is 0 Å². The van der Waals surface area contributed by atoms with Crippen LogP contribution < -0.4 is 9.91 Å². The van der Waals surface area contributed by atoms with E-state index < -0.39 is 31.6 Å². The highest BCUT2D eigenvalue weighted by atomic mass is 28.4. The van der Waals surface area contributed by atoms with Gasteiger partial charge in [-0.3, -0.25) is 9.59 Å². The van der Waals surface area contributed by atoms with E-state index in [2.05, 4.69) is 0 Å². The molecule has 2 amide bonds. The molecular formula is C33H36FN3O4Si. The van der Waals surface area contributed by atoms with E-state index in [0.29, 0.717) is 36.3 Å². The molecule has 0 unspecified atom stereocenters. The fourth-order valence-electron chi connectivity index (χ4n) is 7.08. The average Bonchev–Trinajstić information content (AvgIpc) is 3.41. The van der Waals surface area contributed by atoms with Crippen molar-refractivity contribution in [2.75, 3.05) is 16.5 Å². The molecule has 0 aliphatic carbocycles. The Bertz CT molecular complexity index is 1530. The predicted octanol–water partition coefficient (Wildman–Crippen LogP) is 5.92. The van der Waals surface area contributed by atoms with Crippen LogP contribution >= 0.6 is 0 Å². The number of aliphatic hydroxyl groups is 1. The van der Waals surface area contributed by atoms with E-state index in [4.69, 9.17) is 9.84 Å². The van der Waals surface area contributed by atoms with Gasteiger partial charge in [0.2, 0.25) is 14.3 Å². The van der Waals surface area contributed by atoms with E-state index in [1.807, 2.05) is 85.8 Å². The number of fused-ring (bicyclic) bond motifs is 2. The summed E-state index contributed by atoms with van der Waals surface area (Å²) in [5, 5.41) is 16.0. The van der Waals surface area contributed by atoms with E-state index in [1.165, 1.54) is 5.01 Å². The summed E-state index contributed by atoms with van der Waals surface area (Å²) in [6.45, 7) is 5.35. The first-order valence-corrected chi connectivity index (χ1v) is 17.5. The minimum Gasteiger partial charge on any atom is -0.396 e. The molecule has 0 aromatic heterocycles. The van der Waals surface area contributed by atoms with Crippen LogP contribution in [0, 0.1) is 5.92 Å². The van der Waals surface area contributed by atoms with Gasteiger partial charge in [0.1, 0.15) is 0 Å². The van der Waals surface area contributed by atoms with Gasteiger partial charge in [0.25, 0.3) is 5.91 Å². The van der Waals surface area contributed by atoms with Gasteiger partial charge in [-0.15, -0.1) is 0 Å². The largest absolute Gasteiger partial charge is 0.396 e. The highest BCUT2D eigenvalue weighted by molar-refractivity contribution is 6.72.